The number of hydrogen-bond acceptors (Lipinski definition) is 3. The fourth-order valence-corrected chi connectivity index (χ4v) is 3.29. The molecule has 0 spiro atoms. The van der Waals surface area contributed by atoms with Gasteiger partial charge < -0.3 is 10.1 Å². The van der Waals surface area contributed by atoms with Crippen LogP contribution in [0.3, 0.4) is 0 Å². The van der Waals surface area contributed by atoms with Gasteiger partial charge in [-0.2, -0.15) is 5.10 Å². The molecule has 3 rings (SSSR count). The van der Waals surface area contributed by atoms with Crippen LogP contribution in [-0.2, 0) is 4.74 Å². The maximum Gasteiger partial charge on any atom is 0.254 e. The number of rotatable bonds is 3. The Morgan fingerprint density at radius 3 is 2.62 bits per heavy atom. The molecule has 2 heterocycles. The molecule has 6 heteroatoms. The number of amides is 1. The number of halogens is 1. The molecule has 1 amide bonds. The van der Waals surface area contributed by atoms with Gasteiger partial charge in [-0.15, -0.1) is 0 Å². The van der Waals surface area contributed by atoms with E-state index in [2.05, 4.69) is 10.4 Å². The fourth-order valence-electron chi connectivity index (χ4n) is 3.29. The average molecular weight is 331 g/mol. The van der Waals surface area contributed by atoms with E-state index in [9.17, 15) is 9.18 Å². The van der Waals surface area contributed by atoms with Gasteiger partial charge in [-0.3, -0.25) is 4.79 Å². The SMILES string of the molecule is Cc1c(C(=O)NC2C[C@@H](C)O[C@@H](C)C2)cnn1-c1ccccc1F. The lowest BCUT2D eigenvalue weighted by Crippen LogP contribution is -2.44. The highest BCUT2D eigenvalue weighted by atomic mass is 19.1. The van der Waals surface area contributed by atoms with Crippen LogP contribution in [0.4, 0.5) is 4.39 Å². The van der Waals surface area contributed by atoms with Crippen molar-refractivity contribution >= 4 is 5.91 Å². The molecule has 0 saturated carbocycles. The molecule has 24 heavy (non-hydrogen) atoms. The van der Waals surface area contributed by atoms with Crippen LogP contribution in [0.1, 0.15) is 42.7 Å². The van der Waals surface area contributed by atoms with Crippen molar-refractivity contribution in [1.82, 2.24) is 15.1 Å². The number of para-hydroxylation sites is 1. The van der Waals surface area contributed by atoms with Crippen molar-refractivity contribution in [3.8, 4) is 5.69 Å². The van der Waals surface area contributed by atoms with Gasteiger partial charge in [0.05, 0.1) is 29.7 Å². The van der Waals surface area contributed by atoms with Crippen LogP contribution in [0, 0.1) is 12.7 Å². The van der Waals surface area contributed by atoms with Gasteiger partial charge in [0.15, 0.2) is 0 Å². The number of ether oxygens (including phenoxy) is 1. The third kappa shape index (κ3) is 3.33. The van der Waals surface area contributed by atoms with Gasteiger partial charge in [-0.25, -0.2) is 9.07 Å². The van der Waals surface area contributed by atoms with E-state index in [0.29, 0.717) is 16.9 Å². The lowest BCUT2D eigenvalue weighted by Gasteiger charge is -2.32. The zero-order chi connectivity index (χ0) is 17.3. The standard InChI is InChI=1S/C18H22FN3O2/c1-11-8-14(9-12(2)24-11)21-18(23)15-10-20-22(13(15)3)17-7-5-4-6-16(17)19/h4-7,10-12,14H,8-9H2,1-3H3,(H,21,23)/t11-,12+,14?. The fraction of sp³-hybridized carbons (Fsp3) is 0.444. The van der Waals surface area contributed by atoms with Crippen molar-refractivity contribution in [3.05, 3.63) is 47.5 Å². The minimum absolute atomic E-state index is 0.0764. The number of carbonyl (C=O) groups excluding carboxylic acids is 1. The van der Waals surface area contributed by atoms with Gasteiger partial charge in [0.25, 0.3) is 5.91 Å². The summed E-state index contributed by atoms with van der Waals surface area (Å²) in [5.74, 6) is -0.552. The first kappa shape index (κ1) is 16.6. The molecule has 0 bridgehead atoms. The van der Waals surface area contributed by atoms with Gasteiger partial charge >= 0.3 is 0 Å². The summed E-state index contributed by atoms with van der Waals surface area (Å²) in [4.78, 5) is 12.6. The molecule has 0 radical (unpaired) electrons. The Morgan fingerprint density at radius 1 is 1.29 bits per heavy atom. The molecule has 3 atom stereocenters. The van der Waals surface area contributed by atoms with Crippen LogP contribution >= 0.6 is 0 Å². The monoisotopic (exact) mass is 331 g/mol. The maximum absolute atomic E-state index is 13.9. The number of aromatic nitrogens is 2. The third-order valence-electron chi connectivity index (χ3n) is 4.37. The van der Waals surface area contributed by atoms with Gasteiger partial charge in [0.1, 0.15) is 11.5 Å². The second-order valence-electron chi connectivity index (χ2n) is 6.41. The Hall–Kier alpha value is -2.21. The first-order chi connectivity index (χ1) is 11.5. The van der Waals surface area contributed by atoms with Gasteiger partial charge in [0, 0.05) is 6.04 Å². The van der Waals surface area contributed by atoms with Crippen LogP contribution in [0.25, 0.3) is 5.69 Å². The molecule has 5 nitrogen and oxygen atoms in total. The van der Waals surface area contributed by atoms with E-state index in [1.165, 1.54) is 16.9 Å². The Bertz CT molecular complexity index is 734. The lowest BCUT2D eigenvalue weighted by molar-refractivity contribution is -0.0408. The van der Waals surface area contributed by atoms with Crippen LogP contribution in [0.5, 0.6) is 0 Å². The van der Waals surface area contributed by atoms with Crippen LogP contribution in [0.15, 0.2) is 30.5 Å². The molecule has 0 aliphatic carbocycles. The van der Waals surface area contributed by atoms with E-state index in [4.69, 9.17) is 4.74 Å². The summed E-state index contributed by atoms with van der Waals surface area (Å²) < 4.78 is 21.1. The lowest BCUT2D eigenvalue weighted by atomic mass is 9.99. The average Bonchev–Trinajstić information content (AvgIpc) is 2.88. The van der Waals surface area contributed by atoms with E-state index in [1.54, 1.807) is 25.1 Å². The van der Waals surface area contributed by atoms with Gasteiger partial charge in [0.2, 0.25) is 0 Å². The Labute approximate surface area is 140 Å². The van der Waals surface area contributed by atoms with Crippen molar-refractivity contribution in [2.45, 2.75) is 51.9 Å². The smallest absolute Gasteiger partial charge is 0.254 e. The molecule has 1 aliphatic heterocycles. The molecule has 1 aromatic heterocycles. The highest BCUT2D eigenvalue weighted by molar-refractivity contribution is 5.95. The largest absolute Gasteiger partial charge is 0.375 e. The molecule has 1 unspecified atom stereocenters. The molecule has 1 aromatic carbocycles. The summed E-state index contributed by atoms with van der Waals surface area (Å²) in [6.45, 7) is 5.79. The van der Waals surface area contributed by atoms with E-state index < -0.39 is 0 Å². The number of benzene rings is 1. The molecular weight excluding hydrogens is 309 g/mol. The predicted molar refractivity (Wildman–Crippen MR) is 88.8 cm³/mol. The minimum atomic E-state index is -0.372. The molecule has 1 fully saturated rings. The highest BCUT2D eigenvalue weighted by Crippen LogP contribution is 2.21. The molecule has 2 aromatic rings. The van der Waals surface area contributed by atoms with E-state index in [1.807, 2.05) is 13.8 Å². The number of hydrogen-bond donors (Lipinski definition) is 1. The summed E-state index contributed by atoms with van der Waals surface area (Å²) >= 11 is 0. The van der Waals surface area contributed by atoms with Crippen LogP contribution in [-0.4, -0.2) is 33.9 Å². The molecule has 1 N–H and O–H groups in total. The maximum atomic E-state index is 13.9. The van der Waals surface area contributed by atoms with Crippen LogP contribution < -0.4 is 5.32 Å². The summed E-state index contributed by atoms with van der Waals surface area (Å²) in [6.07, 6.45) is 3.32. The predicted octanol–water partition coefficient (Wildman–Crippen LogP) is 3.01. The molecule has 128 valence electrons. The number of nitrogens with zero attached hydrogens (tertiary/aromatic N) is 2. The Kier molecular flexibility index (Phi) is 4.66. The second-order valence-corrected chi connectivity index (χ2v) is 6.41. The molecule has 1 saturated heterocycles. The zero-order valence-corrected chi connectivity index (χ0v) is 14.1. The minimum Gasteiger partial charge on any atom is -0.375 e. The van der Waals surface area contributed by atoms with Crippen molar-refractivity contribution in [1.29, 1.82) is 0 Å². The zero-order valence-electron chi connectivity index (χ0n) is 14.1. The third-order valence-corrected chi connectivity index (χ3v) is 4.37. The summed E-state index contributed by atoms with van der Waals surface area (Å²) in [5.41, 5.74) is 1.41. The summed E-state index contributed by atoms with van der Waals surface area (Å²) in [7, 11) is 0. The van der Waals surface area contributed by atoms with E-state index in [-0.39, 0.29) is 30.0 Å². The molecular formula is C18H22FN3O2. The van der Waals surface area contributed by atoms with E-state index >= 15 is 0 Å². The first-order valence-electron chi connectivity index (χ1n) is 8.21. The van der Waals surface area contributed by atoms with E-state index in [0.717, 1.165) is 12.8 Å². The Morgan fingerprint density at radius 2 is 1.96 bits per heavy atom. The topological polar surface area (TPSA) is 56.1 Å². The summed E-state index contributed by atoms with van der Waals surface area (Å²) in [6, 6.07) is 6.45. The quantitative estimate of drug-likeness (QED) is 0.941. The van der Waals surface area contributed by atoms with Crippen molar-refractivity contribution < 1.29 is 13.9 Å². The highest BCUT2D eigenvalue weighted by Gasteiger charge is 2.27. The number of carbonyl (C=O) groups is 1. The van der Waals surface area contributed by atoms with Gasteiger partial charge in [-0.05, 0) is 45.7 Å². The van der Waals surface area contributed by atoms with Crippen molar-refractivity contribution in [3.63, 3.8) is 0 Å². The van der Waals surface area contributed by atoms with Crippen molar-refractivity contribution in [2.24, 2.45) is 0 Å². The second kappa shape index (κ2) is 6.73. The first-order valence-corrected chi connectivity index (χ1v) is 8.21. The van der Waals surface area contributed by atoms with Gasteiger partial charge in [-0.1, -0.05) is 12.1 Å². The normalized spacial score (nSPS) is 23.9. The molecule has 1 aliphatic rings. The Balaban J connectivity index is 1.78. The van der Waals surface area contributed by atoms with Crippen LogP contribution in [0.2, 0.25) is 0 Å². The summed E-state index contributed by atoms with van der Waals surface area (Å²) in [5, 5.41) is 7.23. The number of nitrogens with one attached hydrogen (secondary N) is 1. The van der Waals surface area contributed by atoms with Crippen molar-refractivity contribution in [2.75, 3.05) is 0 Å².